The maximum atomic E-state index is 13.4. The van der Waals surface area contributed by atoms with E-state index in [4.69, 9.17) is 5.73 Å². The predicted octanol–water partition coefficient (Wildman–Crippen LogP) is -1.54. The van der Waals surface area contributed by atoms with Gasteiger partial charge in [0, 0.05) is 13.3 Å². The number of nitrogens with two attached hydrogens (primary N) is 1. The number of nitrogens with one attached hydrogen (secondary N) is 5. The van der Waals surface area contributed by atoms with Gasteiger partial charge in [-0.05, 0) is 50.5 Å². The molecule has 0 aromatic heterocycles. The SMILES string of the molecule is CC(=O)N[C@@H](Cc1ccccc1)C(=O)N[C@@H](C)C(=O)N[C@H](C(=O)N[C@@H](CCCC[N+](C)(C)C)C(=O)N[C@@H](CO)C(N)=O)C1CC1. The van der Waals surface area contributed by atoms with Crippen molar-refractivity contribution >= 4 is 35.4 Å². The van der Waals surface area contributed by atoms with Crippen molar-refractivity contribution < 1.29 is 38.4 Å². The molecule has 1 saturated carbocycles. The number of benzene rings is 1. The molecule has 0 aliphatic heterocycles. The summed E-state index contributed by atoms with van der Waals surface area (Å²) < 4.78 is 0.722. The van der Waals surface area contributed by atoms with Crippen LogP contribution in [0.1, 0.15) is 51.5 Å². The van der Waals surface area contributed by atoms with Crippen molar-refractivity contribution in [3.8, 4) is 0 Å². The molecule has 0 radical (unpaired) electrons. The highest BCUT2D eigenvalue weighted by Gasteiger charge is 2.39. The number of aliphatic hydroxyl groups excluding tert-OH is 1. The van der Waals surface area contributed by atoms with Crippen molar-refractivity contribution in [2.45, 2.75) is 82.6 Å². The molecule has 0 spiro atoms. The van der Waals surface area contributed by atoms with E-state index in [1.165, 1.54) is 13.8 Å². The fourth-order valence-electron chi connectivity index (χ4n) is 4.73. The lowest BCUT2D eigenvalue weighted by atomic mass is 10.0. The third-order valence-electron chi connectivity index (χ3n) is 7.45. The first-order chi connectivity index (χ1) is 21.1. The molecule has 0 heterocycles. The lowest BCUT2D eigenvalue weighted by molar-refractivity contribution is -0.870. The average molecular weight is 633 g/mol. The summed E-state index contributed by atoms with van der Waals surface area (Å²) in [6.07, 6.45) is 3.23. The molecular formula is C31H50N7O7+. The number of aliphatic hydroxyl groups is 1. The van der Waals surface area contributed by atoms with E-state index in [9.17, 15) is 33.9 Å². The molecule has 250 valence electrons. The molecule has 1 aromatic rings. The number of carbonyl (C=O) groups excluding carboxylic acids is 6. The Bertz CT molecular complexity index is 1180. The number of quaternary nitrogens is 1. The number of hydrogen-bond donors (Lipinski definition) is 7. The van der Waals surface area contributed by atoms with Crippen LogP contribution in [0.5, 0.6) is 0 Å². The Morgan fingerprint density at radius 2 is 1.42 bits per heavy atom. The van der Waals surface area contributed by atoms with E-state index in [1.54, 1.807) is 0 Å². The molecule has 1 fully saturated rings. The molecule has 0 unspecified atom stereocenters. The number of rotatable bonds is 19. The summed E-state index contributed by atoms with van der Waals surface area (Å²) in [6, 6.07) is 3.87. The number of carbonyl (C=O) groups is 6. The van der Waals surface area contributed by atoms with Gasteiger partial charge in [-0.2, -0.15) is 0 Å². The van der Waals surface area contributed by atoms with E-state index < -0.39 is 72.3 Å². The third kappa shape index (κ3) is 13.6. The Kier molecular flexibility index (Phi) is 14.4. The van der Waals surface area contributed by atoms with Gasteiger partial charge in [-0.15, -0.1) is 0 Å². The van der Waals surface area contributed by atoms with Crippen LogP contribution in [0.3, 0.4) is 0 Å². The zero-order valence-electron chi connectivity index (χ0n) is 26.9. The van der Waals surface area contributed by atoms with Gasteiger partial charge >= 0.3 is 0 Å². The summed E-state index contributed by atoms with van der Waals surface area (Å²) >= 11 is 0. The Morgan fingerprint density at radius 3 is 1.96 bits per heavy atom. The average Bonchev–Trinajstić information content (AvgIpc) is 3.80. The fourth-order valence-corrected chi connectivity index (χ4v) is 4.73. The van der Waals surface area contributed by atoms with Gasteiger partial charge < -0.3 is 41.9 Å². The molecule has 1 aliphatic carbocycles. The minimum absolute atomic E-state index is 0.153. The second-order valence-corrected chi connectivity index (χ2v) is 12.7. The zero-order chi connectivity index (χ0) is 33.7. The van der Waals surface area contributed by atoms with E-state index in [1.807, 2.05) is 51.5 Å². The van der Waals surface area contributed by atoms with Crippen LogP contribution in [0, 0.1) is 5.92 Å². The van der Waals surface area contributed by atoms with Gasteiger partial charge in [-0.3, -0.25) is 28.8 Å². The van der Waals surface area contributed by atoms with Crippen LogP contribution >= 0.6 is 0 Å². The topological polar surface area (TPSA) is 209 Å². The minimum Gasteiger partial charge on any atom is -0.394 e. The van der Waals surface area contributed by atoms with Gasteiger partial charge in [0.15, 0.2) is 0 Å². The predicted molar refractivity (Wildman–Crippen MR) is 167 cm³/mol. The van der Waals surface area contributed by atoms with E-state index in [-0.39, 0.29) is 18.8 Å². The molecule has 14 heteroatoms. The highest BCUT2D eigenvalue weighted by molar-refractivity contribution is 5.96. The molecule has 14 nitrogen and oxygen atoms in total. The molecule has 8 N–H and O–H groups in total. The first kappa shape index (κ1) is 37.1. The number of unbranched alkanes of at least 4 members (excludes halogenated alkanes) is 1. The van der Waals surface area contributed by atoms with E-state index >= 15 is 0 Å². The summed E-state index contributed by atoms with van der Waals surface area (Å²) in [7, 11) is 6.13. The molecular weight excluding hydrogens is 582 g/mol. The van der Waals surface area contributed by atoms with Crippen molar-refractivity contribution in [2.24, 2.45) is 11.7 Å². The van der Waals surface area contributed by atoms with Gasteiger partial charge in [0.25, 0.3) is 0 Å². The van der Waals surface area contributed by atoms with E-state index in [0.717, 1.165) is 23.0 Å². The van der Waals surface area contributed by atoms with E-state index in [0.29, 0.717) is 19.3 Å². The molecule has 1 aromatic carbocycles. The van der Waals surface area contributed by atoms with Crippen LogP contribution in [0.15, 0.2) is 30.3 Å². The Morgan fingerprint density at radius 1 is 0.822 bits per heavy atom. The van der Waals surface area contributed by atoms with Crippen LogP contribution in [0.4, 0.5) is 0 Å². The van der Waals surface area contributed by atoms with Crippen molar-refractivity contribution in [2.75, 3.05) is 34.3 Å². The van der Waals surface area contributed by atoms with Gasteiger partial charge in [0.2, 0.25) is 35.4 Å². The van der Waals surface area contributed by atoms with Gasteiger partial charge in [0.1, 0.15) is 30.2 Å². The number of nitrogens with zero attached hydrogens (tertiary/aromatic N) is 1. The van der Waals surface area contributed by atoms with Gasteiger partial charge in [0.05, 0.1) is 34.3 Å². The van der Waals surface area contributed by atoms with Crippen LogP contribution in [0.2, 0.25) is 0 Å². The Labute approximate surface area is 264 Å². The highest BCUT2D eigenvalue weighted by atomic mass is 16.3. The quantitative estimate of drug-likeness (QED) is 0.0705. The number of hydrogen-bond acceptors (Lipinski definition) is 7. The number of amides is 6. The first-order valence-electron chi connectivity index (χ1n) is 15.3. The number of primary amides is 1. The van der Waals surface area contributed by atoms with Crippen LogP contribution in [0.25, 0.3) is 0 Å². The van der Waals surface area contributed by atoms with Crippen molar-refractivity contribution in [1.29, 1.82) is 0 Å². The molecule has 1 aliphatic rings. The minimum atomic E-state index is -1.31. The first-order valence-corrected chi connectivity index (χ1v) is 15.3. The van der Waals surface area contributed by atoms with Crippen LogP contribution in [-0.4, -0.2) is 110 Å². The molecule has 2 rings (SSSR count). The summed E-state index contributed by atoms with van der Waals surface area (Å²) in [5.74, 6) is -3.86. The highest BCUT2D eigenvalue weighted by Crippen LogP contribution is 2.33. The molecule has 6 amide bonds. The largest absolute Gasteiger partial charge is 0.394 e. The second-order valence-electron chi connectivity index (χ2n) is 12.7. The third-order valence-corrected chi connectivity index (χ3v) is 7.45. The van der Waals surface area contributed by atoms with Crippen molar-refractivity contribution in [1.82, 2.24) is 26.6 Å². The van der Waals surface area contributed by atoms with Crippen molar-refractivity contribution in [3.63, 3.8) is 0 Å². The summed E-state index contributed by atoms with van der Waals surface area (Å²) in [4.78, 5) is 76.1. The molecule has 5 atom stereocenters. The fraction of sp³-hybridized carbons (Fsp3) is 0.613. The summed E-state index contributed by atoms with van der Waals surface area (Å²) in [5, 5.41) is 22.5. The monoisotopic (exact) mass is 632 g/mol. The lowest BCUT2D eigenvalue weighted by Crippen LogP contribution is -2.59. The standard InChI is InChI=1S/C31H49N7O7/c1-19(33-30(44)24(34-20(2)40)17-21-11-7-6-8-12-21)28(42)37-26(22-14-15-22)31(45)35-23(13-9-10-16-38(3,4)5)29(43)36-25(18-39)27(32)41/h6-8,11-12,19,22-26,39H,9-10,13-18H2,1-5H3,(H6-,32,33,34,35,36,37,40,41,42,43,44,45)/p+1/t19-,23-,24-,25-,26-/m0/s1. The molecule has 0 saturated heterocycles. The normalized spacial score (nSPS) is 16.2. The smallest absolute Gasteiger partial charge is 0.243 e. The molecule has 45 heavy (non-hydrogen) atoms. The summed E-state index contributed by atoms with van der Waals surface area (Å²) in [6.45, 7) is 2.92. The Hall–Kier alpha value is -4.04. The molecule has 0 bridgehead atoms. The lowest BCUT2D eigenvalue weighted by Gasteiger charge is -2.26. The second kappa shape index (κ2) is 17.4. The van der Waals surface area contributed by atoms with Crippen molar-refractivity contribution in [3.05, 3.63) is 35.9 Å². The maximum absolute atomic E-state index is 13.4. The zero-order valence-corrected chi connectivity index (χ0v) is 26.9. The Balaban J connectivity index is 2.08. The van der Waals surface area contributed by atoms with Gasteiger partial charge in [-0.1, -0.05) is 30.3 Å². The van der Waals surface area contributed by atoms with Crippen LogP contribution in [-0.2, 0) is 35.2 Å². The van der Waals surface area contributed by atoms with Gasteiger partial charge in [-0.25, -0.2) is 0 Å². The maximum Gasteiger partial charge on any atom is 0.243 e. The summed E-state index contributed by atoms with van der Waals surface area (Å²) in [5.41, 5.74) is 6.08. The van der Waals surface area contributed by atoms with Crippen LogP contribution < -0.4 is 32.3 Å². The van der Waals surface area contributed by atoms with E-state index in [2.05, 4.69) is 26.6 Å².